The molecule has 0 aliphatic carbocycles. The molecule has 3 rings (SSSR count). The summed E-state index contributed by atoms with van der Waals surface area (Å²) < 4.78 is 5.65. The van der Waals surface area contributed by atoms with Crippen LogP contribution in [0.5, 0.6) is 23.0 Å². The van der Waals surface area contributed by atoms with E-state index in [1.54, 1.807) is 18.2 Å². The summed E-state index contributed by atoms with van der Waals surface area (Å²) in [6.45, 7) is 0. The Labute approximate surface area is 114 Å². The monoisotopic (exact) mass is 272 g/mol. The van der Waals surface area contributed by atoms with E-state index in [-0.39, 0.29) is 35.0 Å². The molecular formula is C15H12O5. The number of benzene rings is 2. The largest absolute Gasteiger partial charge is 0.508 e. The maximum absolute atomic E-state index is 12.1. The van der Waals surface area contributed by atoms with Crippen molar-refractivity contribution in [2.24, 2.45) is 0 Å². The van der Waals surface area contributed by atoms with Gasteiger partial charge in [0.2, 0.25) is 0 Å². The zero-order valence-corrected chi connectivity index (χ0v) is 10.4. The molecule has 2 aromatic carbocycles. The molecular weight excluding hydrogens is 260 g/mol. The molecule has 1 aliphatic rings. The third-order valence-electron chi connectivity index (χ3n) is 3.32. The summed E-state index contributed by atoms with van der Waals surface area (Å²) >= 11 is 0. The summed E-state index contributed by atoms with van der Waals surface area (Å²) in [5.74, 6) is -0.917. The number of phenolic OH excluding ortho intramolecular Hbond substituents is 3. The van der Waals surface area contributed by atoms with E-state index in [0.29, 0.717) is 5.56 Å². The van der Waals surface area contributed by atoms with Crippen molar-refractivity contribution in [3.05, 3.63) is 47.5 Å². The van der Waals surface area contributed by atoms with Gasteiger partial charge in [0.05, 0.1) is 6.42 Å². The van der Waals surface area contributed by atoms with Crippen molar-refractivity contribution in [2.45, 2.75) is 12.5 Å². The van der Waals surface area contributed by atoms with Gasteiger partial charge in [0.15, 0.2) is 17.3 Å². The quantitative estimate of drug-likeness (QED) is 0.694. The molecule has 0 aromatic heterocycles. The second-order valence-corrected chi connectivity index (χ2v) is 4.60. The third-order valence-corrected chi connectivity index (χ3v) is 3.32. The van der Waals surface area contributed by atoms with Gasteiger partial charge in [-0.1, -0.05) is 18.2 Å². The highest BCUT2D eigenvalue weighted by molar-refractivity contribution is 6.03. The van der Waals surface area contributed by atoms with Crippen LogP contribution in [0.25, 0.3) is 0 Å². The van der Waals surface area contributed by atoms with E-state index >= 15 is 0 Å². The molecule has 102 valence electrons. The smallest absolute Gasteiger partial charge is 0.174 e. The number of ketones is 1. The average molecular weight is 272 g/mol. The Kier molecular flexibility index (Phi) is 2.75. The molecule has 0 spiro atoms. The van der Waals surface area contributed by atoms with Crippen molar-refractivity contribution < 1.29 is 24.9 Å². The lowest BCUT2D eigenvalue weighted by atomic mass is 9.95. The number of rotatable bonds is 1. The van der Waals surface area contributed by atoms with Crippen LogP contribution in [0, 0.1) is 0 Å². The molecule has 1 atom stereocenters. The Morgan fingerprint density at radius 1 is 1.00 bits per heavy atom. The number of phenols is 3. The van der Waals surface area contributed by atoms with Gasteiger partial charge in [0.1, 0.15) is 23.2 Å². The first-order chi connectivity index (χ1) is 9.58. The molecule has 0 fully saturated rings. The van der Waals surface area contributed by atoms with Crippen LogP contribution < -0.4 is 4.74 Å². The van der Waals surface area contributed by atoms with Crippen LogP contribution in [-0.2, 0) is 0 Å². The topological polar surface area (TPSA) is 87.0 Å². The average Bonchev–Trinajstić information content (AvgIpc) is 2.43. The molecule has 5 heteroatoms. The molecule has 0 unspecified atom stereocenters. The van der Waals surface area contributed by atoms with E-state index in [4.69, 9.17) is 4.74 Å². The van der Waals surface area contributed by atoms with Crippen LogP contribution in [0.3, 0.4) is 0 Å². The molecule has 3 N–H and O–H groups in total. The summed E-state index contributed by atoms with van der Waals surface area (Å²) in [6.07, 6.45) is -0.623. The van der Waals surface area contributed by atoms with Crippen molar-refractivity contribution in [1.29, 1.82) is 0 Å². The molecule has 0 bridgehead atoms. The summed E-state index contributed by atoms with van der Waals surface area (Å²) in [5, 5.41) is 29.0. The fourth-order valence-electron chi connectivity index (χ4n) is 2.33. The fraction of sp³-hybridized carbons (Fsp3) is 0.133. The van der Waals surface area contributed by atoms with Crippen LogP contribution >= 0.6 is 0 Å². The number of carbonyl (C=O) groups is 1. The molecule has 5 nitrogen and oxygen atoms in total. The fourth-order valence-corrected chi connectivity index (χ4v) is 2.33. The van der Waals surface area contributed by atoms with Crippen LogP contribution in [0.1, 0.15) is 28.4 Å². The standard InChI is InChI=1S/C15H12O5/c16-9-4-2-1-3-8(9)13-7-11(18)14-12(20-13)6-5-10(17)15(14)19/h1-6,13,16-17,19H,7H2/t13-/m0/s1. The Morgan fingerprint density at radius 2 is 1.75 bits per heavy atom. The van der Waals surface area contributed by atoms with Gasteiger partial charge in [-0.3, -0.25) is 4.79 Å². The normalized spacial score (nSPS) is 17.4. The van der Waals surface area contributed by atoms with E-state index in [1.807, 2.05) is 0 Å². The zero-order valence-electron chi connectivity index (χ0n) is 10.4. The van der Waals surface area contributed by atoms with Crippen molar-refractivity contribution in [3.63, 3.8) is 0 Å². The van der Waals surface area contributed by atoms with Crippen LogP contribution in [0.15, 0.2) is 36.4 Å². The van der Waals surface area contributed by atoms with E-state index in [2.05, 4.69) is 0 Å². The van der Waals surface area contributed by atoms with Crippen molar-refractivity contribution in [2.75, 3.05) is 0 Å². The summed E-state index contributed by atoms with van der Waals surface area (Å²) in [7, 11) is 0. The highest BCUT2D eigenvalue weighted by Gasteiger charge is 2.32. The molecule has 1 aliphatic heterocycles. The first kappa shape index (κ1) is 12.3. The van der Waals surface area contributed by atoms with Gasteiger partial charge in [0, 0.05) is 5.56 Å². The van der Waals surface area contributed by atoms with Gasteiger partial charge < -0.3 is 20.1 Å². The van der Waals surface area contributed by atoms with Gasteiger partial charge in [-0.05, 0) is 18.2 Å². The SMILES string of the molecule is O=C1C[C@@H](c2ccccc2O)Oc2ccc(O)c(O)c21. The number of ether oxygens (including phenoxy) is 1. The van der Waals surface area contributed by atoms with E-state index in [9.17, 15) is 20.1 Å². The highest BCUT2D eigenvalue weighted by atomic mass is 16.5. The molecule has 2 aromatic rings. The summed E-state index contributed by atoms with van der Waals surface area (Å²) in [4.78, 5) is 12.1. The zero-order chi connectivity index (χ0) is 14.3. The van der Waals surface area contributed by atoms with Gasteiger partial charge in [-0.15, -0.1) is 0 Å². The second-order valence-electron chi connectivity index (χ2n) is 4.60. The Balaban J connectivity index is 2.04. The number of aromatic hydroxyl groups is 3. The number of fused-ring (bicyclic) bond motifs is 1. The van der Waals surface area contributed by atoms with Gasteiger partial charge in [-0.25, -0.2) is 0 Å². The van der Waals surface area contributed by atoms with Crippen LogP contribution in [-0.4, -0.2) is 21.1 Å². The first-order valence-electron chi connectivity index (χ1n) is 6.10. The number of hydrogen-bond donors (Lipinski definition) is 3. The van der Waals surface area contributed by atoms with Gasteiger partial charge in [0.25, 0.3) is 0 Å². The minimum Gasteiger partial charge on any atom is -0.508 e. The molecule has 0 amide bonds. The molecule has 0 saturated heterocycles. The lowest BCUT2D eigenvalue weighted by Crippen LogP contribution is -2.20. The number of Topliss-reactive ketones (excluding diaryl/α,β-unsaturated/α-hetero) is 1. The van der Waals surface area contributed by atoms with Crippen LogP contribution in [0.4, 0.5) is 0 Å². The predicted octanol–water partition coefficient (Wildman–Crippen LogP) is 2.51. The lowest BCUT2D eigenvalue weighted by molar-refractivity contribution is 0.0841. The number of hydrogen-bond acceptors (Lipinski definition) is 5. The predicted molar refractivity (Wildman–Crippen MR) is 70.2 cm³/mol. The maximum atomic E-state index is 12.1. The van der Waals surface area contributed by atoms with E-state index in [0.717, 1.165) is 0 Å². The van der Waals surface area contributed by atoms with Crippen molar-refractivity contribution in [1.82, 2.24) is 0 Å². The molecule has 0 radical (unpaired) electrons. The Hall–Kier alpha value is -2.69. The number of para-hydroxylation sites is 1. The maximum Gasteiger partial charge on any atom is 0.174 e. The first-order valence-corrected chi connectivity index (χ1v) is 6.10. The molecule has 0 saturated carbocycles. The minimum absolute atomic E-state index is 0.0123. The Bertz CT molecular complexity index is 693. The summed E-state index contributed by atoms with van der Waals surface area (Å²) in [5.41, 5.74) is 0.496. The van der Waals surface area contributed by atoms with Gasteiger partial charge in [-0.2, -0.15) is 0 Å². The molecule has 20 heavy (non-hydrogen) atoms. The van der Waals surface area contributed by atoms with E-state index < -0.39 is 11.9 Å². The third kappa shape index (κ3) is 1.84. The van der Waals surface area contributed by atoms with Crippen LogP contribution in [0.2, 0.25) is 0 Å². The summed E-state index contributed by atoms with van der Waals surface area (Å²) in [6, 6.07) is 9.31. The second kappa shape index (κ2) is 4.45. The highest BCUT2D eigenvalue weighted by Crippen LogP contribution is 2.43. The molecule has 1 heterocycles. The lowest BCUT2D eigenvalue weighted by Gasteiger charge is -2.26. The van der Waals surface area contributed by atoms with Gasteiger partial charge >= 0.3 is 0 Å². The van der Waals surface area contributed by atoms with E-state index in [1.165, 1.54) is 18.2 Å². The van der Waals surface area contributed by atoms with Crippen molar-refractivity contribution in [3.8, 4) is 23.0 Å². The minimum atomic E-state index is -0.611. The number of carbonyl (C=O) groups excluding carboxylic acids is 1. The van der Waals surface area contributed by atoms with Crippen molar-refractivity contribution >= 4 is 5.78 Å². The Morgan fingerprint density at radius 3 is 2.50 bits per heavy atom.